The van der Waals surface area contributed by atoms with E-state index in [1.807, 2.05) is 0 Å². The Bertz CT molecular complexity index is 197. The van der Waals surface area contributed by atoms with Crippen LogP contribution < -0.4 is 0 Å². The van der Waals surface area contributed by atoms with Gasteiger partial charge in [-0.1, -0.05) is 31.3 Å². The quantitative estimate of drug-likeness (QED) is 0.503. The van der Waals surface area contributed by atoms with Gasteiger partial charge in [-0.05, 0) is 32.2 Å². The number of rotatable bonds is 1. The molecule has 0 aromatic rings. The van der Waals surface area contributed by atoms with Crippen molar-refractivity contribution in [3.05, 3.63) is 23.3 Å². The third-order valence-corrected chi connectivity index (χ3v) is 3.92. The summed E-state index contributed by atoms with van der Waals surface area (Å²) in [7, 11) is 1.45. The lowest BCUT2D eigenvalue weighted by molar-refractivity contribution is 0.228. The minimum atomic E-state index is 0.588. The minimum Gasteiger partial charge on any atom is -0.0608 e. The van der Waals surface area contributed by atoms with Gasteiger partial charge in [0.15, 0.2) is 0 Å². The standard InChI is InChI=1S/C9H12P/c1-9(5-3-6-9)8-4-2-7-10-8/h2,4,7H,3,5-6H2,1H3. The van der Waals surface area contributed by atoms with Crippen molar-refractivity contribution < 1.29 is 0 Å². The first-order valence-corrected chi connectivity index (χ1v) is 4.86. The molecule has 0 N–H and O–H groups in total. The van der Waals surface area contributed by atoms with Crippen LogP contribution in [0.1, 0.15) is 26.2 Å². The van der Waals surface area contributed by atoms with Gasteiger partial charge in [-0.2, -0.15) is 0 Å². The van der Waals surface area contributed by atoms with Crippen LogP contribution in [-0.2, 0) is 0 Å². The molecule has 0 bridgehead atoms. The summed E-state index contributed by atoms with van der Waals surface area (Å²) in [5, 5.41) is 1.64. The van der Waals surface area contributed by atoms with E-state index in [0.717, 1.165) is 0 Å². The maximum absolute atomic E-state index is 2.39. The van der Waals surface area contributed by atoms with Crippen molar-refractivity contribution in [3.8, 4) is 0 Å². The topological polar surface area (TPSA) is 0 Å². The van der Waals surface area contributed by atoms with Crippen LogP contribution in [0, 0.1) is 5.41 Å². The van der Waals surface area contributed by atoms with Crippen molar-refractivity contribution in [1.29, 1.82) is 0 Å². The second kappa shape index (κ2) is 2.20. The zero-order valence-electron chi connectivity index (χ0n) is 6.30. The lowest BCUT2D eigenvalue weighted by atomic mass is 9.70. The Labute approximate surface area is 64.2 Å². The van der Waals surface area contributed by atoms with Gasteiger partial charge in [-0.3, -0.25) is 0 Å². The second-order valence-corrected chi connectivity index (χ2v) is 4.47. The fourth-order valence-electron chi connectivity index (χ4n) is 1.62. The highest BCUT2D eigenvalue weighted by molar-refractivity contribution is 7.47. The predicted molar refractivity (Wildman–Crippen MR) is 46.1 cm³/mol. The van der Waals surface area contributed by atoms with Crippen LogP contribution in [0.15, 0.2) is 23.3 Å². The molecule has 1 saturated carbocycles. The molecule has 53 valence electrons. The molecule has 2 aliphatic rings. The van der Waals surface area contributed by atoms with Crippen LogP contribution in [0.4, 0.5) is 0 Å². The first-order chi connectivity index (χ1) is 4.81. The van der Waals surface area contributed by atoms with E-state index in [9.17, 15) is 0 Å². The van der Waals surface area contributed by atoms with E-state index in [2.05, 4.69) is 24.9 Å². The molecule has 1 aliphatic carbocycles. The molecule has 1 heteroatoms. The fraction of sp³-hybridized carbons (Fsp3) is 0.556. The SMILES string of the molecule is CC1(C2=CC=C[P]2)CCC1. The van der Waals surface area contributed by atoms with Gasteiger partial charge < -0.3 is 0 Å². The van der Waals surface area contributed by atoms with E-state index < -0.39 is 0 Å². The van der Waals surface area contributed by atoms with Crippen LogP contribution in [0.2, 0.25) is 0 Å². The molecule has 0 amide bonds. The molecule has 0 aromatic heterocycles. The van der Waals surface area contributed by atoms with Crippen LogP contribution in [0.5, 0.6) is 0 Å². The fourth-order valence-corrected chi connectivity index (χ4v) is 2.66. The first kappa shape index (κ1) is 6.61. The monoisotopic (exact) mass is 151 g/mol. The molecule has 1 heterocycles. The molecule has 10 heavy (non-hydrogen) atoms. The summed E-state index contributed by atoms with van der Waals surface area (Å²) in [6.07, 6.45) is 8.73. The average molecular weight is 151 g/mol. The summed E-state index contributed by atoms with van der Waals surface area (Å²) >= 11 is 0. The summed E-state index contributed by atoms with van der Waals surface area (Å²) in [5.41, 5.74) is 0.588. The number of hydrogen-bond acceptors (Lipinski definition) is 0. The van der Waals surface area contributed by atoms with Crippen LogP contribution >= 0.6 is 8.58 Å². The van der Waals surface area contributed by atoms with Crippen molar-refractivity contribution >= 4 is 8.58 Å². The Kier molecular flexibility index (Phi) is 1.46. The molecule has 0 atom stereocenters. The molecule has 0 spiro atoms. The Morgan fingerprint density at radius 1 is 1.50 bits per heavy atom. The maximum Gasteiger partial charge on any atom is -0.00644 e. The maximum atomic E-state index is 2.39. The van der Waals surface area contributed by atoms with E-state index in [0.29, 0.717) is 5.41 Å². The van der Waals surface area contributed by atoms with Crippen molar-refractivity contribution in [3.63, 3.8) is 0 Å². The molecule has 1 radical (unpaired) electrons. The highest BCUT2D eigenvalue weighted by atomic mass is 31.1. The second-order valence-electron chi connectivity index (χ2n) is 3.44. The summed E-state index contributed by atoms with van der Waals surface area (Å²) in [6, 6.07) is 0. The van der Waals surface area contributed by atoms with E-state index in [4.69, 9.17) is 0 Å². The van der Waals surface area contributed by atoms with Crippen molar-refractivity contribution in [2.45, 2.75) is 26.2 Å². The molecule has 0 aromatic carbocycles. The minimum absolute atomic E-state index is 0.588. The number of allylic oxidation sites excluding steroid dienone is 3. The van der Waals surface area contributed by atoms with Crippen LogP contribution in [-0.4, -0.2) is 0 Å². The Hall–Kier alpha value is -0.0900. The van der Waals surface area contributed by atoms with E-state index in [1.54, 1.807) is 5.31 Å². The molecule has 0 unspecified atom stereocenters. The summed E-state index contributed by atoms with van der Waals surface area (Å²) < 4.78 is 0. The van der Waals surface area contributed by atoms with Crippen LogP contribution in [0.25, 0.3) is 0 Å². The van der Waals surface area contributed by atoms with E-state index >= 15 is 0 Å². The summed E-state index contributed by atoms with van der Waals surface area (Å²) in [5.74, 6) is 2.24. The Morgan fingerprint density at radius 2 is 2.30 bits per heavy atom. The molecular formula is C9H12P. The smallest absolute Gasteiger partial charge is 0.00644 e. The first-order valence-electron chi connectivity index (χ1n) is 3.89. The van der Waals surface area contributed by atoms with Gasteiger partial charge in [0.2, 0.25) is 0 Å². The van der Waals surface area contributed by atoms with Crippen molar-refractivity contribution in [2.24, 2.45) is 5.41 Å². The van der Waals surface area contributed by atoms with Gasteiger partial charge in [-0.15, -0.1) is 0 Å². The molecule has 2 rings (SSSR count). The van der Waals surface area contributed by atoms with Gasteiger partial charge in [0.05, 0.1) is 0 Å². The summed E-state index contributed by atoms with van der Waals surface area (Å²) in [4.78, 5) is 0. The van der Waals surface area contributed by atoms with Crippen LogP contribution in [0.3, 0.4) is 0 Å². The highest BCUT2D eigenvalue weighted by Crippen LogP contribution is 2.54. The average Bonchev–Trinajstić information content (AvgIpc) is 2.33. The predicted octanol–water partition coefficient (Wildman–Crippen LogP) is 3.53. The van der Waals surface area contributed by atoms with E-state index in [-0.39, 0.29) is 0 Å². The molecule has 0 nitrogen and oxygen atoms in total. The molecule has 1 fully saturated rings. The molecule has 0 saturated heterocycles. The van der Waals surface area contributed by atoms with Gasteiger partial charge >= 0.3 is 0 Å². The van der Waals surface area contributed by atoms with Gasteiger partial charge in [0, 0.05) is 0 Å². The molecular weight excluding hydrogens is 139 g/mol. The van der Waals surface area contributed by atoms with Gasteiger partial charge in [0.1, 0.15) is 0 Å². The Morgan fingerprint density at radius 3 is 2.70 bits per heavy atom. The highest BCUT2D eigenvalue weighted by Gasteiger charge is 2.35. The lowest BCUT2D eigenvalue weighted by Gasteiger charge is -2.39. The third kappa shape index (κ3) is 0.864. The van der Waals surface area contributed by atoms with Crippen molar-refractivity contribution in [2.75, 3.05) is 0 Å². The van der Waals surface area contributed by atoms with Gasteiger partial charge in [0.25, 0.3) is 0 Å². The normalized spacial score (nSPS) is 30.3. The lowest BCUT2D eigenvalue weighted by Crippen LogP contribution is -2.25. The summed E-state index contributed by atoms with van der Waals surface area (Å²) in [6.45, 7) is 2.39. The zero-order chi connectivity index (χ0) is 7.03. The Balaban J connectivity index is 2.11. The molecule has 1 aliphatic heterocycles. The van der Waals surface area contributed by atoms with Gasteiger partial charge in [-0.25, -0.2) is 0 Å². The van der Waals surface area contributed by atoms with E-state index in [1.165, 1.54) is 27.8 Å². The largest absolute Gasteiger partial charge is 0.0608 e. The zero-order valence-corrected chi connectivity index (χ0v) is 7.20. The third-order valence-electron chi connectivity index (χ3n) is 2.63. The number of hydrogen-bond donors (Lipinski definition) is 0. The van der Waals surface area contributed by atoms with Crippen molar-refractivity contribution in [1.82, 2.24) is 0 Å².